The van der Waals surface area contributed by atoms with Crippen LogP contribution in [0.2, 0.25) is 5.02 Å². The van der Waals surface area contributed by atoms with Crippen LogP contribution in [0.3, 0.4) is 0 Å². The van der Waals surface area contributed by atoms with Crippen LogP contribution in [0.1, 0.15) is 22.9 Å². The highest BCUT2D eigenvalue weighted by Gasteiger charge is 2.23. The van der Waals surface area contributed by atoms with Gasteiger partial charge in [0, 0.05) is 33.5 Å². The van der Waals surface area contributed by atoms with E-state index in [9.17, 15) is 0 Å². The third-order valence-corrected chi connectivity index (χ3v) is 5.00. The maximum Gasteiger partial charge on any atom is 0.0737 e. The first-order valence-electron chi connectivity index (χ1n) is 7.18. The van der Waals surface area contributed by atoms with E-state index in [1.807, 2.05) is 12.1 Å². The Balaban J connectivity index is 1.87. The van der Waals surface area contributed by atoms with Crippen LogP contribution in [-0.2, 0) is 6.54 Å². The van der Waals surface area contributed by atoms with Crippen LogP contribution < -0.4 is 5.32 Å². The molecule has 0 amide bonds. The number of nitrogens with one attached hydrogen (secondary N) is 1. The third-order valence-electron chi connectivity index (χ3n) is 4.12. The Morgan fingerprint density at radius 2 is 1.86 bits per heavy atom. The Morgan fingerprint density at radius 3 is 2.68 bits per heavy atom. The van der Waals surface area contributed by atoms with Crippen molar-refractivity contribution >= 4 is 27.5 Å². The van der Waals surface area contributed by atoms with Gasteiger partial charge in [0.05, 0.1) is 11.7 Å². The van der Waals surface area contributed by atoms with Gasteiger partial charge in [0.1, 0.15) is 0 Å². The molecule has 0 aliphatic carbocycles. The van der Waals surface area contributed by atoms with E-state index in [1.54, 1.807) is 0 Å². The standard InChI is InChI=1S/C18H14BrClN2/c19-13-8-6-12(7-9-13)18-17-5-2-10-22(17)16-4-1-3-15(20)14(16)11-21-18/h1-10,18,21H,11H2. The van der Waals surface area contributed by atoms with Gasteiger partial charge >= 0.3 is 0 Å². The maximum atomic E-state index is 6.40. The van der Waals surface area contributed by atoms with Crippen molar-refractivity contribution in [3.05, 3.63) is 87.1 Å². The Labute approximate surface area is 142 Å². The highest BCUT2D eigenvalue weighted by atomic mass is 79.9. The van der Waals surface area contributed by atoms with Gasteiger partial charge in [0.15, 0.2) is 0 Å². The van der Waals surface area contributed by atoms with Crippen LogP contribution in [0.4, 0.5) is 0 Å². The zero-order chi connectivity index (χ0) is 15.1. The van der Waals surface area contributed by atoms with Crippen LogP contribution in [0.5, 0.6) is 0 Å². The number of benzene rings is 2. The van der Waals surface area contributed by atoms with Crippen molar-refractivity contribution in [2.75, 3.05) is 0 Å². The quantitative estimate of drug-likeness (QED) is 0.629. The topological polar surface area (TPSA) is 17.0 Å². The second kappa shape index (κ2) is 5.58. The van der Waals surface area contributed by atoms with Crippen molar-refractivity contribution in [3.63, 3.8) is 0 Å². The fourth-order valence-corrected chi connectivity index (χ4v) is 3.55. The van der Waals surface area contributed by atoms with Gasteiger partial charge in [-0.2, -0.15) is 0 Å². The summed E-state index contributed by atoms with van der Waals surface area (Å²) in [6.45, 7) is 0.747. The lowest BCUT2D eigenvalue weighted by molar-refractivity contribution is 0.601. The summed E-state index contributed by atoms with van der Waals surface area (Å²) < 4.78 is 3.32. The first-order valence-corrected chi connectivity index (χ1v) is 8.35. The lowest BCUT2D eigenvalue weighted by Gasteiger charge is -2.18. The van der Waals surface area contributed by atoms with E-state index >= 15 is 0 Å². The smallest absolute Gasteiger partial charge is 0.0737 e. The van der Waals surface area contributed by atoms with Gasteiger partial charge in [0.2, 0.25) is 0 Å². The molecule has 3 aromatic rings. The van der Waals surface area contributed by atoms with E-state index in [1.165, 1.54) is 11.3 Å². The number of fused-ring (bicyclic) bond motifs is 3. The Hall–Kier alpha value is -1.55. The molecule has 0 saturated heterocycles. The number of rotatable bonds is 1. The monoisotopic (exact) mass is 372 g/mol. The molecule has 1 atom stereocenters. The number of nitrogens with zero attached hydrogens (tertiary/aromatic N) is 1. The molecule has 0 spiro atoms. The molecule has 110 valence electrons. The van der Waals surface area contributed by atoms with Crippen molar-refractivity contribution in [3.8, 4) is 5.69 Å². The van der Waals surface area contributed by atoms with E-state index in [2.05, 4.69) is 74.5 Å². The molecule has 2 heterocycles. The van der Waals surface area contributed by atoms with Crippen molar-refractivity contribution in [2.45, 2.75) is 12.6 Å². The summed E-state index contributed by atoms with van der Waals surface area (Å²) in [4.78, 5) is 0. The van der Waals surface area contributed by atoms with Gasteiger partial charge in [-0.15, -0.1) is 0 Å². The van der Waals surface area contributed by atoms with Crippen LogP contribution in [0, 0.1) is 0 Å². The highest BCUT2D eigenvalue weighted by Crippen LogP contribution is 2.33. The van der Waals surface area contributed by atoms with Crippen molar-refractivity contribution in [1.29, 1.82) is 0 Å². The minimum absolute atomic E-state index is 0.145. The predicted molar refractivity (Wildman–Crippen MR) is 93.6 cm³/mol. The van der Waals surface area contributed by atoms with Gasteiger partial charge in [-0.05, 0) is 42.0 Å². The summed E-state index contributed by atoms with van der Waals surface area (Å²) in [5.74, 6) is 0. The van der Waals surface area contributed by atoms with E-state index in [0.29, 0.717) is 0 Å². The molecule has 0 saturated carbocycles. The minimum atomic E-state index is 0.145. The molecule has 22 heavy (non-hydrogen) atoms. The molecule has 2 aromatic carbocycles. The zero-order valence-electron chi connectivity index (χ0n) is 11.8. The Kier molecular flexibility index (Phi) is 3.57. The second-order valence-corrected chi connectivity index (χ2v) is 6.73. The molecule has 1 aromatic heterocycles. The Morgan fingerprint density at radius 1 is 1.05 bits per heavy atom. The fourth-order valence-electron chi connectivity index (χ4n) is 3.05. The lowest BCUT2D eigenvalue weighted by atomic mass is 10.0. The average molecular weight is 374 g/mol. The predicted octanol–water partition coefficient (Wildman–Crippen LogP) is 5.09. The van der Waals surface area contributed by atoms with Crippen molar-refractivity contribution in [2.24, 2.45) is 0 Å². The van der Waals surface area contributed by atoms with Gasteiger partial charge in [-0.3, -0.25) is 0 Å². The number of aromatic nitrogens is 1. The SMILES string of the molecule is Clc1cccc2c1CNC(c1ccc(Br)cc1)c1cccn1-2. The average Bonchev–Trinajstić information content (AvgIpc) is 2.94. The first-order chi connectivity index (χ1) is 10.7. The van der Waals surface area contributed by atoms with E-state index in [0.717, 1.165) is 27.3 Å². The van der Waals surface area contributed by atoms with E-state index in [4.69, 9.17) is 11.6 Å². The van der Waals surface area contributed by atoms with Crippen LogP contribution in [0.15, 0.2) is 65.3 Å². The second-order valence-electron chi connectivity index (χ2n) is 5.41. The van der Waals surface area contributed by atoms with Crippen LogP contribution in [-0.4, -0.2) is 4.57 Å². The molecule has 1 aliphatic rings. The van der Waals surface area contributed by atoms with Crippen LogP contribution in [0.25, 0.3) is 5.69 Å². The molecule has 0 radical (unpaired) electrons. The highest BCUT2D eigenvalue weighted by molar-refractivity contribution is 9.10. The number of halogens is 2. The van der Waals surface area contributed by atoms with Crippen LogP contribution >= 0.6 is 27.5 Å². The molecule has 1 unspecified atom stereocenters. The molecular weight excluding hydrogens is 360 g/mol. The van der Waals surface area contributed by atoms with Gasteiger partial charge in [-0.25, -0.2) is 0 Å². The fraction of sp³-hybridized carbons (Fsp3) is 0.111. The molecule has 2 nitrogen and oxygen atoms in total. The van der Waals surface area contributed by atoms with Gasteiger partial charge in [-0.1, -0.05) is 45.7 Å². The molecule has 0 bridgehead atoms. The summed E-state index contributed by atoms with van der Waals surface area (Å²) in [7, 11) is 0. The molecule has 4 rings (SSSR count). The summed E-state index contributed by atoms with van der Waals surface area (Å²) in [5, 5.41) is 4.44. The van der Waals surface area contributed by atoms with E-state index < -0.39 is 0 Å². The summed E-state index contributed by atoms with van der Waals surface area (Å²) in [6.07, 6.45) is 2.10. The lowest BCUT2D eigenvalue weighted by Crippen LogP contribution is -2.21. The maximum absolute atomic E-state index is 6.40. The van der Waals surface area contributed by atoms with Gasteiger partial charge < -0.3 is 9.88 Å². The summed E-state index contributed by atoms with van der Waals surface area (Å²) in [5.41, 5.74) is 4.76. The van der Waals surface area contributed by atoms with Crippen molar-refractivity contribution < 1.29 is 0 Å². The molecule has 4 heteroatoms. The van der Waals surface area contributed by atoms with E-state index in [-0.39, 0.29) is 6.04 Å². The number of hydrogen-bond donors (Lipinski definition) is 1. The summed E-state index contributed by atoms with van der Waals surface area (Å²) in [6, 6.07) is 18.9. The summed E-state index contributed by atoms with van der Waals surface area (Å²) >= 11 is 9.90. The van der Waals surface area contributed by atoms with Gasteiger partial charge in [0.25, 0.3) is 0 Å². The molecule has 1 N–H and O–H groups in total. The number of hydrogen-bond acceptors (Lipinski definition) is 1. The first kappa shape index (κ1) is 14.1. The normalized spacial score (nSPS) is 16.7. The zero-order valence-corrected chi connectivity index (χ0v) is 14.1. The molecular formula is C18H14BrClN2. The third kappa shape index (κ3) is 2.30. The van der Waals surface area contributed by atoms with Crippen molar-refractivity contribution in [1.82, 2.24) is 9.88 Å². The largest absolute Gasteiger partial charge is 0.319 e. The minimum Gasteiger partial charge on any atom is -0.319 e. The Bertz CT molecular complexity index is 823. The molecule has 1 aliphatic heterocycles. The molecule has 0 fully saturated rings.